The van der Waals surface area contributed by atoms with Gasteiger partial charge in [-0.2, -0.15) is 0 Å². The number of amides is 1. The molecule has 142 valence electrons. The maximum Gasteiger partial charge on any atom is 0.311 e. The number of carbonyl (C=O) groups excluding carboxylic acids is 2. The van der Waals surface area contributed by atoms with Crippen LogP contribution in [-0.2, 0) is 20.7 Å². The maximum absolute atomic E-state index is 12.1. The molecule has 0 bridgehead atoms. The molecule has 2 aromatic rings. The van der Waals surface area contributed by atoms with Crippen LogP contribution in [-0.4, -0.2) is 36.7 Å². The number of thiazole rings is 1. The number of nitrogens with one attached hydrogen (secondary N) is 1. The third kappa shape index (κ3) is 5.55. The standard InChI is InChI=1S/C19H20N2O5S/c1-2-24-18(23)11-14-12-27-19(20-14)21-17(22)7-5-13-4-6-15-16(10-13)26-9-3-8-25-15/h4-7,10,12H,2-3,8-9,11H2,1H3,(H,20,21,22)/b7-5+. The first-order valence-electron chi connectivity index (χ1n) is 8.63. The average molecular weight is 388 g/mol. The quantitative estimate of drug-likeness (QED) is 0.605. The van der Waals surface area contributed by atoms with E-state index < -0.39 is 0 Å². The smallest absolute Gasteiger partial charge is 0.311 e. The van der Waals surface area contributed by atoms with Crippen molar-refractivity contribution < 1.29 is 23.8 Å². The van der Waals surface area contributed by atoms with Crippen LogP contribution in [0.5, 0.6) is 11.5 Å². The number of hydrogen-bond donors (Lipinski definition) is 1. The van der Waals surface area contributed by atoms with Crippen molar-refractivity contribution in [3.05, 3.63) is 40.9 Å². The molecule has 0 fully saturated rings. The van der Waals surface area contributed by atoms with Crippen molar-refractivity contribution in [2.75, 3.05) is 25.1 Å². The molecular weight excluding hydrogens is 368 g/mol. The third-order valence-corrected chi connectivity index (χ3v) is 4.42. The molecule has 2 heterocycles. The number of aromatic nitrogens is 1. The van der Waals surface area contributed by atoms with Crippen LogP contribution in [0.1, 0.15) is 24.6 Å². The van der Waals surface area contributed by atoms with Crippen LogP contribution in [0.3, 0.4) is 0 Å². The third-order valence-electron chi connectivity index (χ3n) is 3.61. The molecule has 1 aromatic heterocycles. The molecule has 0 aliphatic carbocycles. The Bertz CT molecular complexity index is 846. The van der Waals surface area contributed by atoms with Gasteiger partial charge in [0.2, 0.25) is 5.91 Å². The van der Waals surface area contributed by atoms with E-state index >= 15 is 0 Å². The molecule has 1 aromatic carbocycles. The number of carbonyl (C=O) groups is 2. The lowest BCUT2D eigenvalue weighted by Gasteiger charge is -2.07. The van der Waals surface area contributed by atoms with Crippen molar-refractivity contribution in [3.63, 3.8) is 0 Å². The van der Waals surface area contributed by atoms with Crippen LogP contribution in [0, 0.1) is 0 Å². The number of rotatable bonds is 6. The van der Waals surface area contributed by atoms with Crippen LogP contribution in [0.4, 0.5) is 5.13 Å². The number of anilines is 1. The summed E-state index contributed by atoms with van der Waals surface area (Å²) in [7, 11) is 0. The molecule has 3 rings (SSSR count). The maximum atomic E-state index is 12.1. The van der Waals surface area contributed by atoms with E-state index in [2.05, 4.69) is 10.3 Å². The molecule has 1 amide bonds. The Kier molecular flexibility index (Phi) is 6.43. The second kappa shape index (κ2) is 9.18. The summed E-state index contributed by atoms with van der Waals surface area (Å²) in [6.45, 7) is 3.33. The lowest BCUT2D eigenvalue weighted by molar-refractivity contribution is -0.142. The predicted octanol–water partition coefficient (Wildman–Crippen LogP) is 3.06. The molecule has 1 N–H and O–H groups in total. The normalized spacial score (nSPS) is 13.2. The summed E-state index contributed by atoms with van der Waals surface area (Å²) in [6, 6.07) is 5.53. The fourth-order valence-electron chi connectivity index (χ4n) is 2.41. The van der Waals surface area contributed by atoms with Gasteiger partial charge in [0.25, 0.3) is 0 Å². The highest BCUT2D eigenvalue weighted by Gasteiger charge is 2.11. The number of esters is 1. The highest BCUT2D eigenvalue weighted by Crippen LogP contribution is 2.30. The molecule has 7 nitrogen and oxygen atoms in total. The summed E-state index contributed by atoms with van der Waals surface area (Å²) in [5.74, 6) is 0.749. The average Bonchev–Trinajstić information content (AvgIpc) is 2.94. The van der Waals surface area contributed by atoms with E-state index in [0.717, 1.165) is 12.0 Å². The Balaban J connectivity index is 1.57. The topological polar surface area (TPSA) is 86.8 Å². The minimum atomic E-state index is -0.338. The highest BCUT2D eigenvalue weighted by atomic mass is 32.1. The van der Waals surface area contributed by atoms with Crippen LogP contribution in [0.2, 0.25) is 0 Å². The van der Waals surface area contributed by atoms with Crippen LogP contribution in [0.25, 0.3) is 6.08 Å². The van der Waals surface area contributed by atoms with Crippen LogP contribution in [0.15, 0.2) is 29.7 Å². The number of ether oxygens (including phenoxy) is 3. The molecule has 0 unspecified atom stereocenters. The number of fused-ring (bicyclic) bond motifs is 1. The molecule has 0 atom stereocenters. The van der Waals surface area contributed by atoms with Gasteiger partial charge in [-0.15, -0.1) is 11.3 Å². The molecule has 8 heteroatoms. The number of nitrogens with zero attached hydrogens (tertiary/aromatic N) is 1. The van der Waals surface area contributed by atoms with Gasteiger partial charge in [0.15, 0.2) is 16.6 Å². The first-order chi connectivity index (χ1) is 13.1. The van der Waals surface area contributed by atoms with Crippen LogP contribution >= 0.6 is 11.3 Å². The van der Waals surface area contributed by atoms with Crippen molar-refractivity contribution in [1.82, 2.24) is 4.98 Å². The van der Waals surface area contributed by atoms with Gasteiger partial charge in [0.1, 0.15) is 0 Å². The van der Waals surface area contributed by atoms with Gasteiger partial charge >= 0.3 is 5.97 Å². The summed E-state index contributed by atoms with van der Waals surface area (Å²) in [5, 5.41) is 4.84. The van der Waals surface area contributed by atoms with E-state index in [0.29, 0.717) is 42.1 Å². The van der Waals surface area contributed by atoms with Gasteiger partial charge in [-0.25, -0.2) is 4.98 Å². The molecule has 0 spiro atoms. The first-order valence-corrected chi connectivity index (χ1v) is 9.50. The minimum Gasteiger partial charge on any atom is -0.490 e. The molecule has 1 aliphatic rings. The molecule has 27 heavy (non-hydrogen) atoms. The molecule has 1 aliphatic heterocycles. The Hall–Kier alpha value is -2.87. The van der Waals surface area contributed by atoms with E-state index in [-0.39, 0.29) is 18.3 Å². The zero-order chi connectivity index (χ0) is 19.1. The second-order valence-corrected chi connectivity index (χ2v) is 6.56. The van der Waals surface area contributed by atoms with E-state index in [4.69, 9.17) is 14.2 Å². The number of hydrogen-bond acceptors (Lipinski definition) is 7. The predicted molar refractivity (Wildman–Crippen MR) is 102 cm³/mol. The fraction of sp³-hybridized carbons (Fsp3) is 0.316. The lowest BCUT2D eigenvalue weighted by atomic mass is 10.2. The molecular formula is C19H20N2O5S. The van der Waals surface area contributed by atoms with Gasteiger partial charge in [-0.05, 0) is 30.7 Å². The van der Waals surface area contributed by atoms with Crippen molar-refractivity contribution in [2.45, 2.75) is 19.8 Å². The van der Waals surface area contributed by atoms with Crippen molar-refractivity contribution >= 4 is 34.4 Å². The Morgan fingerprint density at radius 1 is 1.30 bits per heavy atom. The van der Waals surface area contributed by atoms with Crippen molar-refractivity contribution in [1.29, 1.82) is 0 Å². The van der Waals surface area contributed by atoms with Gasteiger partial charge in [0, 0.05) is 17.9 Å². The van der Waals surface area contributed by atoms with E-state index in [9.17, 15) is 9.59 Å². The Morgan fingerprint density at radius 2 is 2.11 bits per heavy atom. The van der Waals surface area contributed by atoms with Crippen molar-refractivity contribution in [3.8, 4) is 11.5 Å². The summed E-state index contributed by atoms with van der Waals surface area (Å²) in [6.07, 6.45) is 4.05. The first kappa shape index (κ1) is 18.9. The molecule has 0 saturated carbocycles. The summed E-state index contributed by atoms with van der Waals surface area (Å²) < 4.78 is 16.1. The van der Waals surface area contributed by atoms with Gasteiger partial charge in [0.05, 0.1) is 31.9 Å². The summed E-state index contributed by atoms with van der Waals surface area (Å²) >= 11 is 1.26. The van der Waals surface area contributed by atoms with E-state index in [1.54, 1.807) is 18.4 Å². The van der Waals surface area contributed by atoms with Gasteiger partial charge in [-0.1, -0.05) is 6.07 Å². The van der Waals surface area contributed by atoms with Gasteiger partial charge in [-0.3, -0.25) is 14.9 Å². The zero-order valence-electron chi connectivity index (χ0n) is 14.9. The van der Waals surface area contributed by atoms with Crippen molar-refractivity contribution in [2.24, 2.45) is 0 Å². The highest BCUT2D eigenvalue weighted by molar-refractivity contribution is 7.14. The fourth-order valence-corrected chi connectivity index (χ4v) is 3.12. The SMILES string of the molecule is CCOC(=O)Cc1csc(NC(=O)/C=C/c2ccc3c(c2)OCCCO3)n1. The molecule has 0 saturated heterocycles. The largest absolute Gasteiger partial charge is 0.490 e. The van der Waals surface area contributed by atoms with Crippen LogP contribution < -0.4 is 14.8 Å². The lowest BCUT2D eigenvalue weighted by Crippen LogP contribution is -2.09. The van der Waals surface area contributed by atoms with E-state index in [1.807, 2.05) is 18.2 Å². The zero-order valence-corrected chi connectivity index (χ0v) is 15.7. The van der Waals surface area contributed by atoms with Gasteiger partial charge < -0.3 is 14.2 Å². The monoisotopic (exact) mass is 388 g/mol. The van der Waals surface area contributed by atoms with E-state index in [1.165, 1.54) is 17.4 Å². The summed E-state index contributed by atoms with van der Waals surface area (Å²) in [5.41, 5.74) is 1.40. The molecule has 0 radical (unpaired) electrons. The number of benzene rings is 1. The summed E-state index contributed by atoms with van der Waals surface area (Å²) in [4.78, 5) is 27.7. The second-order valence-electron chi connectivity index (χ2n) is 5.71. The minimum absolute atomic E-state index is 0.0905. The Morgan fingerprint density at radius 3 is 2.93 bits per heavy atom. The Labute approximate surface area is 161 Å².